The van der Waals surface area contributed by atoms with Gasteiger partial charge in [0, 0.05) is 0 Å². The molecule has 0 bridgehead atoms. The van der Waals surface area contributed by atoms with Crippen LogP contribution in [0.3, 0.4) is 0 Å². The van der Waals surface area contributed by atoms with Crippen molar-refractivity contribution in [1.29, 1.82) is 0 Å². The molecule has 0 spiro atoms. The zero-order valence-electron chi connectivity index (χ0n) is 40.0. The Balaban J connectivity index is 1.05. The van der Waals surface area contributed by atoms with E-state index in [9.17, 15) is 65.4 Å². The van der Waals surface area contributed by atoms with Crippen molar-refractivity contribution in [2.45, 2.75) is 198 Å². The molecule has 3 aliphatic heterocycles. The molecule has 7 fully saturated rings. The number of rotatable bonds is 9. The van der Waals surface area contributed by atoms with Crippen molar-refractivity contribution < 1.29 is 98.6 Å². The Bertz CT molecular complexity index is 1950. The second-order valence-electron chi connectivity index (χ2n) is 22.9. The van der Waals surface area contributed by atoms with Gasteiger partial charge in [-0.3, -0.25) is 9.59 Å². The molecule has 20 nitrogen and oxygen atoms in total. The van der Waals surface area contributed by atoms with E-state index in [2.05, 4.69) is 40.7 Å². The molecule has 386 valence electrons. The largest absolute Gasteiger partial charge is 0.479 e. The lowest BCUT2D eigenvalue weighted by atomic mass is 9.33. The maximum Gasteiger partial charge on any atom is 0.335 e. The van der Waals surface area contributed by atoms with E-state index in [1.54, 1.807) is 0 Å². The minimum absolute atomic E-state index is 0.0613. The number of hydrogen-bond acceptors (Lipinski definition) is 19. The first kappa shape index (κ1) is 51.9. The predicted octanol–water partition coefficient (Wildman–Crippen LogP) is 0.0250. The van der Waals surface area contributed by atoms with Crippen LogP contribution in [0.25, 0.3) is 0 Å². The fraction of sp³-hybridized carbons (Fsp3) is 0.896. The second-order valence-corrected chi connectivity index (χ2v) is 22.9. The molecule has 0 aromatic rings. The molecule has 8 aliphatic rings. The van der Waals surface area contributed by atoms with Gasteiger partial charge in [-0.1, -0.05) is 46.3 Å². The molecule has 68 heavy (non-hydrogen) atoms. The average Bonchev–Trinajstić information content (AvgIpc) is 3.29. The number of esters is 2. The summed E-state index contributed by atoms with van der Waals surface area (Å²) in [5.41, 5.74) is -2.55. The topological polar surface area (TPSA) is 318 Å². The lowest BCUT2D eigenvalue weighted by molar-refractivity contribution is -0.357. The van der Waals surface area contributed by atoms with Crippen molar-refractivity contribution in [2.24, 2.45) is 50.2 Å². The lowest BCUT2D eigenvalue weighted by Gasteiger charge is -2.71. The van der Waals surface area contributed by atoms with Gasteiger partial charge in [0.2, 0.25) is 6.29 Å². The Kier molecular flexibility index (Phi) is 13.9. The summed E-state index contributed by atoms with van der Waals surface area (Å²) in [6, 6.07) is 0. The van der Waals surface area contributed by atoms with E-state index in [1.165, 1.54) is 7.11 Å². The van der Waals surface area contributed by atoms with E-state index in [1.807, 2.05) is 6.92 Å². The standard InChI is InChI=1S/C48H74O20/c1-43(2)25-10-13-47(6)26(45(25,4)12-11-27(43)65-40-34(57)35(33(56)36(67-40)37(58)59)66-38-31(54)28(51)23(50)20-63-38)9-8-21-22-18-44(3,41(60)62-7)14-16-48(22,17-15-46(21,47)5)42(61)68-39-32(55)30(53)29(52)24(19-49)64-39/h8,22-36,38-40,49-57H,9-20H2,1-7H3,(H,58,59)/t22-,23+,24+,25-,26+,27-,28-,29+,30-,31+,32+,33-,34+,35-,36-,38-,39-,40+,44-,45-,46+,47+,48-/m0/s1. The highest BCUT2D eigenvalue weighted by molar-refractivity contribution is 5.81. The molecule has 0 radical (unpaired) electrons. The predicted molar refractivity (Wildman–Crippen MR) is 231 cm³/mol. The van der Waals surface area contributed by atoms with Crippen molar-refractivity contribution >= 4 is 17.9 Å². The van der Waals surface area contributed by atoms with Crippen LogP contribution in [0.5, 0.6) is 0 Å². The van der Waals surface area contributed by atoms with E-state index in [-0.39, 0.29) is 35.1 Å². The van der Waals surface area contributed by atoms with E-state index < -0.39 is 145 Å². The Morgan fingerprint density at radius 1 is 0.706 bits per heavy atom. The quantitative estimate of drug-likeness (QED) is 0.0828. The van der Waals surface area contributed by atoms with Gasteiger partial charge in [0.15, 0.2) is 18.7 Å². The van der Waals surface area contributed by atoms with Gasteiger partial charge in [0.1, 0.15) is 61.0 Å². The van der Waals surface area contributed by atoms with Gasteiger partial charge in [0.05, 0.1) is 37.3 Å². The molecule has 23 atom stereocenters. The number of carbonyl (C=O) groups is 3. The number of methoxy groups -OCH3 is 1. The van der Waals surface area contributed by atoms with Gasteiger partial charge >= 0.3 is 17.9 Å². The number of ether oxygens (including phenoxy) is 7. The van der Waals surface area contributed by atoms with Gasteiger partial charge in [0.25, 0.3) is 0 Å². The smallest absolute Gasteiger partial charge is 0.335 e. The number of aliphatic carboxylic acids is 1. The fourth-order valence-corrected chi connectivity index (χ4v) is 15.0. The number of fused-ring (bicyclic) bond motifs is 7. The average molecular weight is 971 g/mol. The zero-order valence-corrected chi connectivity index (χ0v) is 40.0. The normalized spacial score (nSPS) is 52.2. The molecule has 10 N–H and O–H groups in total. The van der Waals surface area contributed by atoms with E-state index >= 15 is 0 Å². The molecule has 20 heteroatoms. The lowest BCUT2D eigenvalue weighted by Crippen LogP contribution is -2.67. The van der Waals surface area contributed by atoms with Gasteiger partial charge in [-0.25, -0.2) is 4.79 Å². The number of hydrogen-bond donors (Lipinski definition) is 10. The number of carboxylic acids is 1. The summed E-state index contributed by atoms with van der Waals surface area (Å²) in [6.45, 7) is 11.9. The van der Waals surface area contributed by atoms with Gasteiger partial charge in [-0.15, -0.1) is 0 Å². The van der Waals surface area contributed by atoms with Crippen LogP contribution >= 0.6 is 0 Å². The van der Waals surface area contributed by atoms with Crippen molar-refractivity contribution in [3.63, 3.8) is 0 Å². The van der Waals surface area contributed by atoms with Crippen molar-refractivity contribution in [1.82, 2.24) is 0 Å². The third-order valence-electron chi connectivity index (χ3n) is 19.3. The van der Waals surface area contributed by atoms with Crippen LogP contribution in [0.4, 0.5) is 0 Å². The molecule has 0 unspecified atom stereocenters. The van der Waals surface area contributed by atoms with Crippen molar-refractivity contribution in [3.8, 4) is 0 Å². The minimum Gasteiger partial charge on any atom is -0.479 e. The summed E-state index contributed by atoms with van der Waals surface area (Å²) in [7, 11) is 1.35. The Morgan fingerprint density at radius 2 is 1.38 bits per heavy atom. The Labute approximate surface area is 395 Å². The van der Waals surface area contributed by atoms with Crippen LogP contribution < -0.4 is 0 Å². The van der Waals surface area contributed by atoms with Gasteiger partial charge in [-0.05, 0) is 111 Å². The summed E-state index contributed by atoms with van der Waals surface area (Å²) in [4.78, 5) is 40.6. The van der Waals surface area contributed by atoms with E-state index in [4.69, 9.17) is 33.2 Å². The first-order valence-electron chi connectivity index (χ1n) is 24.3. The summed E-state index contributed by atoms with van der Waals surface area (Å²) in [5, 5.41) is 105. The highest BCUT2D eigenvalue weighted by Gasteiger charge is 2.71. The van der Waals surface area contributed by atoms with Gasteiger partial charge < -0.3 is 84.2 Å². The van der Waals surface area contributed by atoms with Crippen LogP contribution in [0.15, 0.2) is 11.6 Å². The third kappa shape index (κ3) is 7.90. The molecule has 4 saturated carbocycles. The van der Waals surface area contributed by atoms with Crippen LogP contribution in [-0.2, 0) is 47.5 Å². The Morgan fingerprint density at radius 3 is 2.04 bits per heavy atom. The van der Waals surface area contributed by atoms with Crippen LogP contribution in [0, 0.1) is 50.2 Å². The number of allylic oxidation sites excluding steroid dienone is 2. The molecular weight excluding hydrogens is 897 g/mol. The maximum atomic E-state index is 14.8. The fourth-order valence-electron chi connectivity index (χ4n) is 15.0. The van der Waals surface area contributed by atoms with Crippen LogP contribution in [-0.4, -0.2) is 181 Å². The molecule has 3 saturated heterocycles. The zero-order chi connectivity index (χ0) is 49.8. The van der Waals surface area contributed by atoms with E-state index in [0.29, 0.717) is 44.9 Å². The molecule has 0 aromatic carbocycles. The monoisotopic (exact) mass is 970 g/mol. The van der Waals surface area contributed by atoms with E-state index in [0.717, 1.165) is 18.4 Å². The summed E-state index contributed by atoms with van der Waals surface area (Å²) < 4.78 is 40.3. The summed E-state index contributed by atoms with van der Waals surface area (Å²) in [5.74, 6) is -2.82. The highest BCUT2D eigenvalue weighted by Crippen LogP contribution is 2.76. The molecular formula is C48H74O20. The first-order chi connectivity index (χ1) is 31.8. The molecule has 0 amide bonds. The van der Waals surface area contributed by atoms with Crippen molar-refractivity contribution in [2.75, 3.05) is 20.3 Å². The Hall–Kier alpha value is -2.41. The van der Waals surface area contributed by atoms with Gasteiger partial charge in [-0.2, -0.15) is 0 Å². The summed E-state index contributed by atoms with van der Waals surface area (Å²) in [6.07, 6.45) is -16.3. The van der Waals surface area contributed by atoms with Crippen LogP contribution in [0.2, 0.25) is 0 Å². The SMILES string of the molecule is COC(=O)[C@@]1(C)CC[C@]2(C(=O)O[C@@H]3O[C@H](CO)[C@@H](O)[C@H](O)[C@H]3O)CC[C@]3(C)C(=CC[C@@H]4[C@@]5(C)CC[C@H](O[C@@H]6O[C@H](C(=O)O)[C@@H](O)[C@H](O[C@@H]7OC[C@@H](O)[C@H](O)[C@H]7O)[C@H]6O)C(C)(C)[C@@H]5CC[C@]43C)[C@@H]2C1. The minimum atomic E-state index is -1.92. The molecule has 0 aromatic heterocycles. The number of aliphatic hydroxyl groups excluding tert-OH is 9. The first-order valence-corrected chi connectivity index (χ1v) is 24.3. The number of carboxylic acid groups (broad SMARTS) is 1. The van der Waals surface area contributed by atoms with Crippen molar-refractivity contribution in [3.05, 3.63) is 11.6 Å². The molecule has 3 heterocycles. The summed E-state index contributed by atoms with van der Waals surface area (Å²) >= 11 is 0. The third-order valence-corrected chi connectivity index (χ3v) is 19.3. The number of carbonyl (C=O) groups excluding carboxylic acids is 2. The maximum absolute atomic E-state index is 14.8. The second kappa shape index (κ2) is 18.3. The number of aliphatic hydroxyl groups is 9. The molecule has 8 rings (SSSR count). The van der Waals surface area contributed by atoms with Crippen LogP contribution in [0.1, 0.15) is 106 Å². The highest BCUT2D eigenvalue weighted by atomic mass is 16.7. The molecule has 5 aliphatic carbocycles.